The highest BCUT2D eigenvalue weighted by atomic mass is 79.9. The van der Waals surface area contributed by atoms with Crippen LogP contribution < -0.4 is 10.1 Å². The zero-order chi connectivity index (χ0) is 13.7. The third-order valence-corrected chi connectivity index (χ3v) is 4.56. The summed E-state index contributed by atoms with van der Waals surface area (Å²) in [6.45, 7) is 4.20. The van der Waals surface area contributed by atoms with Crippen LogP contribution in [-0.4, -0.2) is 25.4 Å². The average Bonchev–Trinajstić information content (AvgIpc) is 2.40. The van der Waals surface area contributed by atoms with Gasteiger partial charge in [-0.2, -0.15) is 0 Å². The van der Waals surface area contributed by atoms with Gasteiger partial charge in [0, 0.05) is 4.47 Å². The molecule has 19 heavy (non-hydrogen) atoms. The fourth-order valence-electron chi connectivity index (χ4n) is 2.41. The van der Waals surface area contributed by atoms with Crippen molar-refractivity contribution in [2.24, 2.45) is 0 Å². The van der Waals surface area contributed by atoms with Crippen LogP contribution in [0.15, 0.2) is 22.7 Å². The maximum Gasteiger partial charge on any atom is 0.119 e. The van der Waals surface area contributed by atoms with Crippen molar-refractivity contribution in [1.29, 1.82) is 0 Å². The summed E-state index contributed by atoms with van der Waals surface area (Å²) in [4.78, 5) is 0. The zero-order valence-electron chi connectivity index (χ0n) is 11.3. The number of benzene rings is 1. The van der Waals surface area contributed by atoms with Crippen LogP contribution in [0.3, 0.4) is 0 Å². The summed E-state index contributed by atoms with van der Waals surface area (Å²) in [5, 5.41) is 3.19. The Morgan fingerprint density at radius 2 is 2.11 bits per heavy atom. The number of ether oxygens (including phenoxy) is 1. The summed E-state index contributed by atoms with van der Waals surface area (Å²) in [5.41, 5.74) is 0.169. The summed E-state index contributed by atoms with van der Waals surface area (Å²) < 4.78 is 21.1. The fraction of sp³-hybridized carbons (Fsp3) is 0.600. The van der Waals surface area contributed by atoms with E-state index >= 15 is 0 Å². The van der Waals surface area contributed by atoms with Crippen LogP contribution in [-0.2, 0) is 0 Å². The molecular formula is C15H21BrFNO. The molecular weight excluding hydrogens is 309 g/mol. The molecule has 0 aliphatic carbocycles. The van der Waals surface area contributed by atoms with E-state index in [-0.39, 0.29) is 0 Å². The van der Waals surface area contributed by atoms with E-state index in [1.807, 2.05) is 25.1 Å². The van der Waals surface area contributed by atoms with Crippen molar-refractivity contribution in [2.45, 2.75) is 38.3 Å². The number of piperidine rings is 1. The highest BCUT2D eigenvalue weighted by Gasteiger charge is 2.30. The van der Waals surface area contributed by atoms with Crippen molar-refractivity contribution >= 4 is 15.9 Å². The fourth-order valence-corrected chi connectivity index (χ4v) is 2.66. The largest absolute Gasteiger partial charge is 0.494 e. The molecule has 4 heteroatoms. The molecule has 0 atom stereocenters. The van der Waals surface area contributed by atoms with Gasteiger partial charge in [0.05, 0.1) is 6.61 Å². The Balaban J connectivity index is 1.72. The van der Waals surface area contributed by atoms with Crippen molar-refractivity contribution in [3.05, 3.63) is 28.2 Å². The van der Waals surface area contributed by atoms with Gasteiger partial charge in [0.2, 0.25) is 0 Å². The Kier molecular flexibility index (Phi) is 5.22. The number of hydrogen-bond acceptors (Lipinski definition) is 2. The standard InChI is InChI=1S/C15H21BrFNO/c1-12-11-13(3-4-14(12)16)19-10-2-5-15(17)6-8-18-9-7-15/h3-4,11,18H,2,5-10H2,1H3. The first-order valence-corrected chi connectivity index (χ1v) is 7.67. The molecule has 2 rings (SSSR count). The maximum atomic E-state index is 14.3. The predicted octanol–water partition coefficient (Wildman–Crippen LogP) is 4.01. The molecule has 0 unspecified atom stereocenters. The highest BCUT2D eigenvalue weighted by Crippen LogP contribution is 2.28. The monoisotopic (exact) mass is 329 g/mol. The van der Waals surface area contributed by atoms with Crippen molar-refractivity contribution in [3.8, 4) is 5.75 Å². The van der Waals surface area contributed by atoms with Crippen LogP contribution >= 0.6 is 15.9 Å². The average molecular weight is 330 g/mol. The molecule has 106 valence electrons. The first-order chi connectivity index (χ1) is 9.09. The molecule has 0 spiro atoms. The molecule has 1 saturated heterocycles. The van der Waals surface area contributed by atoms with Crippen LogP contribution in [0, 0.1) is 6.92 Å². The lowest BCUT2D eigenvalue weighted by Gasteiger charge is -2.29. The van der Waals surface area contributed by atoms with Crippen LogP contribution in [0.4, 0.5) is 4.39 Å². The molecule has 1 aromatic carbocycles. The lowest BCUT2D eigenvalue weighted by molar-refractivity contribution is 0.0957. The lowest BCUT2D eigenvalue weighted by Crippen LogP contribution is -2.38. The second kappa shape index (κ2) is 6.71. The van der Waals surface area contributed by atoms with Crippen molar-refractivity contribution < 1.29 is 9.13 Å². The summed E-state index contributed by atoms with van der Waals surface area (Å²) in [7, 11) is 0. The predicted molar refractivity (Wildman–Crippen MR) is 79.6 cm³/mol. The molecule has 0 saturated carbocycles. The minimum atomic E-state index is -0.982. The molecule has 1 N–H and O–H groups in total. The van der Waals surface area contributed by atoms with Gasteiger partial charge in [-0.3, -0.25) is 0 Å². The molecule has 0 aromatic heterocycles. The van der Waals surface area contributed by atoms with E-state index in [9.17, 15) is 4.39 Å². The Hall–Kier alpha value is -0.610. The molecule has 0 bridgehead atoms. The van der Waals surface area contributed by atoms with E-state index in [0.717, 1.165) is 35.3 Å². The molecule has 0 radical (unpaired) electrons. The van der Waals surface area contributed by atoms with E-state index in [1.165, 1.54) is 0 Å². The molecule has 1 aliphatic rings. The van der Waals surface area contributed by atoms with Crippen molar-refractivity contribution in [1.82, 2.24) is 5.32 Å². The Morgan fingerprint density at radius 3 is 2.79 bits per heavy atom. The number of nitrogens with one attached hydrogen (secondary N) is 1. The van der Waals surface area contributed by atoms with Gasteiger partial charge in [-0.25, -0.2) is 4.39 Å². The summed E-state index contributed by atoms with van der Waals surface area (Å²) in [6, 6.07) is 5.92. The van der Waals surface area contributed by atoms with Crippen LogP contribution in [0.1, 0.15) is 31.2 Å². The first kappa shape index (κ1) is 14.8. The zero-order valence-corrected chi connectivity index (χ0v) is 12.9. The van der Waals surface area contributed by atoms with Gasteiger partial charge in [-0.05, 0) is 69.5 Å². The van der Waals surface area contributed by atoms with Gasteiger partial charge in [0.1, 0.15) is 11.4 Å². The molecule has 1 heterocycles. The summed E-state index contributed by atoms with van der Waals surface area (Å²) in [5.74, 6) is 0.860. The van der Waals surface area contributed by atoms with Gasteiger partial charge >= 0.3 is 0 Å². The third-order valence-electron chi connectivity index (χ3n) is 3.67. The highest BCUT2D eigenvalue weighted by molar-refractivity contribution is 9.10. The first-order valence-electron chi connectivity index (χ1n) is 6.88. The van der Waals surface area contributed by atoms with Crippen LogP contribution in [0.2, 0.25) is 0 Å². The van der Waals surface area contributed by atoms with Crippen LogP contribution in [0.5, 0.6) is 5.75 Å². The summed E-state index contributed by atoms with van der Waals surface area (Å²) in [6.07, 6.45) is 2.63. The minimum absolute atomic E-state index is 0.584. The smallest absolute Gasteiger partial charge is 0.119 e. The number of alkyl halides is 1. The van der Waals surface area contributed by atoms with Gasteiger partial charge in [-0.15, -0.1) is 0 Å². The second-order valence-corrected chi connectivity index (χ2v) is 6.12. The molecule has 1 aromatic rings. The van der Waals surface area contributed by atoms with Crippen molar-refractivity contribution in [3.63, 3.8) is 0 Å². The van der Waals surface area contributed by atoms with Gasteiger partial charge in [0.15, 0.2) is 0 Å². The number of aryl methyl sites for hydroxylation is 1. The number of hydrogen-bond donors (Lipinski definition) is 1. The van der Waals surface area contributed by atoms with E-state index in [4.69, 9.17) is 4.74 Å². The molecule has 1 fully saturated rings. The molecule has 1 aliphatic heterocycles. The number of rotatable bonds is 5. The lowest BCUT2D eigenvalue weighted by atomic mass is 9.90. The molecule has 0 amide bonds. The Labute approximate surface area is 122 Å². The van der Waals surface area contributed by atoms with E-state index in [0.29, 0.717) is 25.9 Å². The maximum absolute atomic E-state index is 14.3. The Bertz CT molecular complexity index is 419. The van der Waals surface area contributed by atoms with Gasteiger partial charge in [0.25, 0.3) is 0 Å². The summed E-state index contributed by atoms with van der Waals surface area (Å²) >= 11 is 3.46. The minimum Gasteiger partial charge on any atom is -0.494 e. The van der Waals surface area contributed by atoms with Crippen LogP contribution in [0.25, 0.3) is 0 Å². The molecule has 2 nitrogen and oxygen atoms in total. The second-order valence-electron chi connectivity index (χ2n) is 5.26. The van der Waals surface area contributed by atoms with E-state index in [1.54, 1.807) is 0 Å². The van der Waals surface area contributed by atoms with Gasteiger partial charge in [-0.1, -0.05) is 15.9 Å². The van der Waals surface area contributed by atoms with Crippen molar-refractivity contribution in [2.75, 3.05) is 19.7 Å². The van der Waals surface area contributed by atoms with E-state index in [2.05, 4.69) is 21.2 Å². The van der Waals surface area contributed by atoms with Gasteiger partial charge < -0.3 is 10.1 Å². The third kappa shape index (κ3) is 4.46. The topological polar surface area (TPSA) is 21.3 Å². The number of halogens is 2. The quantitative estimate of drug-likeness (QED) is 0.824. The normalized spacial score (nSPS) is 18.3. The van der Waals surface area contributed by atoms with E-state index < -0.39 is 5.67 Å². The SMILES string of the molecule is Cc1cc(OCCCC2(F)CCNCC2)ccc1Br. The Morgan fingerprint density at radius 1 is 1.37 bits per heavy atom.